The van der Waals surface area contributed by atoms with Crippen molar-refractivity contribution in [3.05, 3.63) is 42.0 Å². The summed E-state index contributed by atoms with van der Waals surface area (Å²) in [6.45, 7) is 1.05. The van der Waals surface area contributed by atoms with E-state index >= 15 is 0 Å². The first-order valence-electron chi connectivity index (χ1n) is 7.60. The molecular weight excluding hydrogens is 310 g/mol. The normalized spacial score (nSPS) is 12.4. The fourth-order valence-corrected chi connectivity index (χ4v) is 2.50. The van der Waals surface area contributed by atoms with Gasteiger partial charge in [-0.25, -0.2) is 0 Å². The molecule has 0 bridgehead atoms. The molecule has 1 N–H and O–H groups in total. The van der Waals surface area contributed by atoms with Crippen molar-refractivity contribution in [3.63, 3.8) is 0 Å². The molecule has 0 atom stereocenters. The monoisotopic (exact) mass is 329 g/mol. The summed E-state index contributed by atoms with van der Waals surface area (Å²) in [6, 6.07) is 10.7. The molecule has 1 amide bonds. The van der Waals surface area contributed by atoms with Crippen molar-refractivity contribution < 1.29 is 23.7 Å². The lowest BCUT2D eigenvalue weighted by molar-refractivity contribution is -0.115. The smallest absolute Gasteiger partial charge is 0.228 e. The van der Waals surface area contributed by atoms with Gasteiger partial charge in [-0.05, 0) is 18.2 Å². The molecule has 24 heavy (non-hydrogen) atoms. The van der Waals surface area contributed by atoms with Gasteiger partial charge in [0.1, 0.15) is 24.7 Å². The van der Waals surface area contributed by atoms with Crippen LogP contribution in [0.1, 0.15) is 5.56 Å². The van der Waals surface area contributed by atoms with E-state index in [1.54, 1.807) is 44.6 Å². The molecule has 0 saturated heterocycles. The van der Waals surface area contributed by atoms with Gasteiger partial charge in [-0.2, -0.15) is 0 Å². The highest BCUT2D eigenvalue weighted by molar-refractivity contribution is 5.93. The number of rotatable bonds is 5. The number of ether oxygens (including phenoxy) is 4. The Labute approximate surface area is 140 Å². The maximum atomic E-state index is 12.3. The number of carbonyl (C=O) groups excluding carboxylic acids is 1. The molecule has 0 saturated carbocycles. The molecule has 0 aliphatic carbocycles. The van der Waals surface area contributed by atoms with Crippen LogP contribution < -0.4 is 24.3 Å². The van der Waals surface area contributed by atoms with Crippen LogP contribution >= 0.6 is 0 Å². The Kier molecular flexibility index (Phi) is 4.74. The highest BCUT2D eigenvalue weighted by Crippen LogP contribution is 2.32. The molecule has 2 aromatic carbocycles. The topological polar surface area (TPSA) is 66.0 Å². The van der Waals surface area contributed by atoms with E-state index in [0.29, 0.717) is 41.9 Å². The van der Waals surface area contributed by atoms with Gasteiger partial charge < -0.3 is 24.3 Å². The zero-order chi connectivity index (χ0) is 16.9. The van der Waals surface area contributed by atoms with Crippen molar-refractivity contribution in [1.82, 2.24) is 0 Å². The van der Waals surface area contributed by atoms with Gasteiger partial charge in [0, 0.05) is 23.4 Å². The highest BCUT2D eigenvalue weighted by atomic mass is 16.6. The third-order valence-corrected chi connectivity index (χ3v) is 3.67. The summed E-state index contributed by atoms with van der Waals surface area (Å²) < 4.78 is 21.5. The fraction of sp³-hybridized carbons (Fsp3) is 0.278. The molecule has 6 heteroatoms. The summed E-state index contributed by atoms with van der Waals surface area (Å²) >= 11 is 0. The molecule has 1 aliphatic rings. The minimum atomic E-state index is -0.143. The van der Waals surface area contributed by atoms with Gasteiger partial charge in [-0.3, -0.25) is 4.79 Å². The number of methoxy groups -OCH3 is 2. The number of hydrogen-bond acceptors (Lipinski definition) is 5. The van der Waals surface area contributed by atoms with Gasteiger partial charge in [-0.1, -0.05) is 6.07 Å². The van der Waals surface area contributed by atoms with Gasteiger partial charge in [0.05, 0.1) is 20.6 Å². The highest BCUT2D eigenvalue weighted by Gasteiger charge is 2.14. The van der Waals surface area contributed by atoms with Crippen molar-refractivity contribution in [2.75, 3.05) is 32.8 Å². The molecule has 0 fully saturated rings. The zero-order valence-electron chi connectivity index (χ0n) is 13.6. The van der Waals surface area contributed by atoms with Gasteiger partial charge >= 0.3 is 0 Å². The number of nitrogens with one attached hydrogen (secondary N) is 1. The Balaban J connectivity index is 1.69. The Morgan fingerprint density at radius 1 is 1.04 bits per heavy atom. The molecule has 1 aliphatic heterocycles. The van der Waals surface area contributed by atoms with Crippen LogP contribution in [0.25, 0.3) is 0 Å². The minimum Gasteiger partial charge on any atom is -0.497 e. The van der Waals surface area contributed by atoms with E-state index in [9.17, 15) is 4.79 Å². The molecule has 126 valence electrons. The molecule has 0 radical (unpaired) electrons. The lowest BCUT2D eigenvalue weighted by atomic mass is 10.1. The fourth-order valence-electron chi connectivity index (χ4n) is 2.50. The van der Waals surface area contributed by atoms with Crippen LogP contribution in [0.5, 0.6) is 23.0 Å². The lowest BCUT2D eigenvalue weighted by Crippen LogP contribution is -2.17. The van der Waals surface area contributed by atoms with Crippen LogP contribution in [-0.4, -0.2) is 33.3 Å². The van der Waals surface area contributed by atoms with Crippen molar-refractivity contribution in [1.29, 1.82) is 0 Å². The summed E-state index contributed by atoms with van der Waals surface area (Å²) in [4.78, 5) is 12.3. The van der Waals surface area contributed by atoms with Gasteiger partial charge in [0.2, 0.25) is 5.91 Å². The van der Waals surface area contributed by atoms with E-state index in [2.05, 4.69) is 5.32 Å². The first-order valence-corrected chi connectivity index (χ1v) is 7.60. The quantitative estimate of drug-likeness (QED) is 0.913. The standard InChI is InChI=1S/C18H19NO5/c1-21-14-5-3-12(16(11-14)22-2)9-18(20)19-13-4-6-15-17(10-13)24-8-7-23-15/h3-6,10-11H,7-9H2,1-2H3,(H,19,20). The SMILES string of the molecule is COc1ccc(CC(=O)Nc2ccc3c(c2)OCCO3)c(OC)c1. The predicted molar refractivity (Wildman–Crippen MR) is 89.3 cm³/mol. The molecule has 2 aromatic rings. The first kappa shape index (κ1) is 16.0. The van der Waals surface area contributed by atoms with Crippen molar-refractivity contribution in [3.8, 4) is 23.0 Å². The van der Waals surface area contributed by atoms with Crippen molar-refractivity contribution in [2.45, 2.75) is 6.42 Å². The second kappa shape index (κ2) is 7.12. The van der Waals surface area contributed by atoms with Crippen LogP contribution in [-0.2, 0) is 11.2 Å². The zero-order valence-corrected chi connectivity index (χ0v) is 13.6. The third-order valence-electron chi connectivity index (χ3n) is 3.67. The van der Waals surface area contributed by atoms with Crippen LogP contribution in [0.4, 0.5) is 5.69 Å². The summed E-state index contributed by atoms with van der Waals surface area (Å²) in [5, 5.41) is 2.86. The number of hydrogen-bond donors (Lipinski definition) is 1. The number of fused-ring (bicyclic) bond motifs is 1. The Hall–Kier alpha value is -2.89. The first-order chi connectivity index (χ1) is 11.7. The summed E-state index contributed by atoms with van der Waals surface area (Å²) in [7, 11) is 3.15. The van der Waals surface area contributed by atoms with E-state index in [0.717, 1.165) is 5.56 Å². The third kappa shape index (κ3) is 3.53. The van der Waals surface area contributed by atoms with Gasteiger partial charge in [0.25, 0.3) is 0 Å². The van der Waals surface area contributed by atoms with E-state index in [-0.39, 0.29) is 12.3 Å². The average molecular weight is 329 g/mol. The van der Waals surface area contributed by atoms with E-state index in [1.165, 1.54) is 0 Å². The van der Waals surface area contributed by atoms with Crippen LogP contribution in [0.3, 0.4) is 0 Å². The summed E-state index contributed by atoms with van der Waals surface area (Å²) in [6.07, 6.45) is 0.196. The van der Waals surface area contributed by atoms with Crippen LogP contribution in [0, 0.1) is 0 Å². The molecule has 0 aromatic heterocycles. The lowest BCUT2D eigenvalue weighted by Gasteiger charge is -2.19. The molecule has 3 rings (SSSR count). The largest absolute Gasteiger partial charge is 0.497 e. The maximum absolute atomic E-state index is 12.3. The van der Waals surface area contributed by atoms with Gasteiger partial charge in [-0.15, -0.1) is 0 Å². The predicted octanol–water partition coefficient (Wildman–Crippen LogP) is 2.66. The Bertz CT molecular complexity index is 744. The second-order valence-electron chi connectivity index (χ2n) is 5.26. The second-order valence-corrected chi connectivity index (χ2v) is 5.26. The molecule has 6 nitrogen and oxygen atoms in total. The average Bonchev–Trinajstić information content (AvgIpc) is 2.62. The van der Waals surface area contributed by atoms with Crippen LogP contribution in [0.2, 0.25) is 0 Å². The van der Waals surface area contributed by atoms with Gasteiger partial charge in [0.15, 0.2) is 11.5 Å². The van der Waals surface area contributed by atoms with Crippen molar-refractivity contribution in [2.24, 2.45) is 0 Å². The number of benzene rings is 2. The van der Waals surface area contributed by atoms with E-state index in [4.69, 9.17) is 18.9 Å². The minimum absolute atomic E-state index is 0.143. The number of anilines is 1. The van der Waals surface area contributed by atoms with Crippen LogP contribution in [0.15, 0.2) is 36.4 Å². The van der Waals surface area contributed by atoms with E-state index < -0.39 is 0 Å². The molecule has 0 spiro atoms. The van der Waals surface area contributed by atoms with Crippen molar-refractivity contribution >= 4 is 11.6 Å². The van der Waals surface area contributed by atoms with E-state index in [1.807, 2.05) is 6.07 Å². The molecule has 0 unspecified atom stereocenters. The Morgan fingerprint density at radius 2 is 1.83 bits per heavy atom. The summed E-state index contributed by atoms with van der Waals surface area (Å²) in [5.74, 6) is 2.49. The summed E-state index contributed by atoms with van der Waals surface area (Å²) in [5.41, 5.74) is 1.45. The maximum Gasteiger partial charge on any atom is 0.228 e. The molecular formula is C18H19NO5. The Morgan fingerprint density at radius 3 is 2.58 bits per heavy atom. The molecule has 1 heterocycles. The number of amides is 1. The number of carbonyl (C=O) groups is 1.